The van der Waals surface area contributed by atoms with Crippen molar-refractivity contribution < 1.29 is 14.3 Å². The lowest BCUT2D eigenvalue weighted by atomic mass is 9.98. The number of rotatable bonds is 16. The zero-order chi connectivity index (χ0) is 25.8. The van der Waals surface area contributed by atoms with E-state index in [0.717, 1.165) is 53.5 Å². The summed E-state index contributed by atoms with van der Waals surface area (Å²) in [6.07, 6.45) is 15.1. The molecule has 3 N–H and O–H groups in total. The smallest absolute Gasteiger partial charge is 0.252 e. The van der Waals surface area contributed by atoms with E-state index in [4.69, 9.17) is 10.5 Å². The van der Waals surface area contributed by atoms with Crippen molar-refractivity contribution in [1.29, 1.82) is 0 Å². The number of aldehydes is 1. The molecule has 6 heteroatoms. The molecule has 2 aromatic carbocycles. The Hall–Kier alpha value is -3.41. The highest BCUT2D eigenvalue weighted by atomic mass is 16.5. The number of nitrogens with one attached hydrogen (secondary N) is 1. The summed E-state index contributed by atoms with van der Waals surface area (Å²) in [5, 5.41) is 4.30. The number of benzene rings is 2. The summed E-state index contributed by atoms with van der Waals surface area (Å²) in [6.45, 7) is 2.06. The highest BCUT2D eigenvalue weighted by Gasteiger charge is 2.16. The van der Waals surface area contributed by atoms with E-state index in [1.54, 1.807) is 13.3 Å². The van der Waals surface area contributed by atoms with Crippen molar-refractivity contribution in [2.24, 2.45) is 5.73 Å². The van der Waals surface area contributed by atoms with Crippen LogP contribution in [-0.4, -0.2) is 24.3 Å². The van der Waals surface area contributed by atoms with Gasteiger partial charge in [-0.3, -0.25) is 9.78 Å². The summed E-state index contributed by atoms with van der Waals surface area (Å²) < 4.78 is 5.35. The van der Waals surface area contributed by atoms with Crippen LogP contribution in [0.15, 0.2) is 42.6 Å². The molecule has 3 rings (SSSR count). The Morgan fingerprint density at radius 1 is 1.00 bits per heavy atom. The number of ether oxygens (including phenoxy) is 1. The predicted molar refractivity (Wildman–Crippen MR) is 147 cm³/mol. The lowest BCUT2D eigenvalue weighted by molar-refractivity contribution is -0.107. The number of amides is 1. The first-order chi connectivity index (χ1) is 17.5. The highest BCUT2D eigenvalue weighted by Crippen LogP contribution is 2.33. The lowest BCUT2D eigenvalue weighted by Gasteiger charge is -2.16. The molecule has 1 aromatic heterocycles. The van der Waals surface area contributed by atoms with Gasteiger partial charge in [0.05, 0.1) is 23.9 Å². The van der Waals surface area contributed by atoms with Crippen molar-refractivity contribution in [3.8, 4) is 5.75 Å². The molecule has 6 nitrogen and oxygen atoms in total. The maximum Gasteiger partial charge on any atom is 0.252 e. The van der Waals surface area contributed by atoms with Gasteiger partial charge in [-0.1, -0.05) is 57.1 Å². The Labute approximate surface area is 214 Å². The third kappa shape index (κ3) is 7.80. The fourth-order valence-corrected chi connectivity index (χ4v) is 4.66. The number of methoxy groups -OCH3 is 1. The largest absolute Gasteiger partial charge is 0.497 e. The van der Waals surface area contributed by atoms with Crippen molar-refractivity contribution in [3.05, 3.63) is 59.3 Å². The normalized spacial score (nSPS) is 10.9. The Balaban J connectivity index is 1.66. The molecule has 1 amide bonds. The molecule has 1 heterocycles. The first kappa shape index (κ1) is 27.2. The molecule has 0 aliphatic carbocycles. The van der Waals surface area contributed by atoms with Crippen LogP contribution in [0.25, 0.3) is 10.9 Å². The minimum atomic E-state index is -0.512. The molecule has 36 heavy (non-hydrogen) atoms. The van der Waals surface area contributed by atoms with Gasteiger partial charge in [0.15, 0.2) is 0 Å². The lowest BCUT2D eigenvalue weighted by Crippen LogP contribution is -2.14. The molecule has 0 aliphatic rings. The number of nitrogens with two attached hydrogens (primary N) is 1. The molecule has 0 saturated heterocycles. The molecule has 0 bridgehead atoms. The Morgan fingerprint density at radius 3 is 2.36 bits per heavy atom. The number of hydrogen-bond acceptors (Lipinski definition) is 5. The van der Waals surface area contributed by atoms with Gasteiger partial charge in [0.25, 0.3) is 5.91 Å². The SMILES string of the molecule is COc1cccc(Nc2c(C(N)=O)cnc3c(C)cc(CCCCCCCCCCCC=O)cc23)c1. The van der Waals surface area contributed by atoms with Crippen molar-refractivity contribution in [2.45, 2.75) is 77.6 Å². The molecule has 0 unspecified atom stereocenters. The number of pyridine rings is 1. The van der Waals surface area contributed by atoms with Crippen LogP contribution in [0.1, 0.15) is 85.7 Å². The van der Waals surface area contributed by atoms with Gasteiger partial charge < -0.3 is 20.6 Å². The first-order valence-electron chi connectivity index (χ1n) is 13.1. The third-order valence-electron chi connectivity index (χ3n) is 6.61. The number of carbonyl (C=O) groups excluding carboxylic acids is 2. The van der Waals surface area contributed by atoms with Crippen molar-refractivity contribution in [3.63, 3.8) is 0 Å². The first-order valence-corrected chi connectivity index (χ1v) is 13.1. The monoisotopic (exact) mass is 489 g/mol. The number of carbonyl (C=O) groups is 2. The molecule has 0 radical (unpaired) electrons. The van der Waals surface area contributed by atoms with Crippen LogP contribution in [0.2, 0.25) is 0 Å². The van der Waals surface area contributed by atoms with Crippen molar-refractivity contribution in [1.82, 2.24) is 4.98 Å². The van der Waals surface area contributed by atoms with Crippen molar-refractivity contribution >= 4 is 34.5 Å². The van der Waals surface area contributed by atoms with Crippen LogP contribution in [0, 0.1) is 6.92 Å². The Bertz CT molecular complexity index is 1160. The van der Waals surface area contributed by atoms with Gasteiger partial charge in [-0.25, -0.2) is 0 Å². The fourth-order valence-electron chi connectivity index (χ4n) is 4.66. The summed E-state index contributed by atoms with van der Waals surface area (Å²) in [5.74, 6) is 0.218. The second-order valence-corrected chi connectivity index (χ2v) is 9.46. The Kier molecular flexibility index (Phi) is 10.7. The molecule has 3 aromatic rings. The number of primary amides is 1. The van der Waals surface area contributed by atoms with Crippen LogP contribution in [0.3, 0.4) is 0 Å². The topological polar surface area (TPSA) is 94.3 Å². The maximum absolute atomic E-state index is 12.2. The van der Waals surface area contributed by atoms with Crippen LogP contribution >= 0.6 is 0 Å². The van der Waals surface area contributed by atoms with E-state index in [9.17, 15) is 9.59 Å². The minimum absolute atomic E-state index is 0.369. The average molecular weight is 490 g/mol. The van der Waals surface area contributed by atoms with Gasteiger partial charge in [-0.2, -0.15) is 0 Å². The summed E-state index contributed by atoms with van der Waals surface area (Å²) in [6, 6.07) is 11.9. The molecule has 0 atom stereocenters. The average Bonchev–Trinajstić information content (AvgIpc) is 2.87. The van der Waals surface area contributed by atoms with E-state index in [0.29, 0.717) is 17.7 Å². The minimum Gasteiger partial charge on any atom is -0.497 e. The van der Waals surface area contributed by atoms with Gasteiger partial charge in [-0.15, -0.1) is 0 Å². The third-order valence-corrected chi connectivity index (χ3v) is 6.61. The second-order valence-electron chi connectivity index (χ2n) is 9.46. The number of nitrogens with zero attached hydrogens (tertiary/aromatic N) is 1. The summed E-state index contributed by atoms with van der Waals surface area (Å²) in [4.78, 5) is 27.1. The molecule has 0 spiro atoms. The van der Waals surface area contributed by atoms with E-state index in [1.807, 2.05) is 24.3 Å². The molecule has 0 saturated carbocycles. The molecule has 192 valence electrons. The van der Waals surface area contributed by atoms with Gasteiger partial charge >= 0.3 is 0 Å². The number of fused-ring (bicyclic) bond motifs is 1. The van der Waals surface area contributed by atoms with Crippen LogP contribution < -0.4 is 15.8 Å². The van der Waals surface area contributed by atoms with Crippen LogP contribution in [-0.2, 0) is 11.2 Å². The quantitative estimate of drug-likeness (QED) is 0.166. The maximum atomic E-state index is 12.2. The summed E-state index contributed by atoms with van der Waals surface area (Å²) >= 11 is 0. The summed E-state index contributed by atoms with van der Waals surface area (Å²) in [7, 11) is 1.63. The zero-order valence-corrected chi connectivity index (χ0v) is 21.6. The zero-order valence-electron chi connectivity index (χ0n) is 21.6. The highest BCUT2D eigenvalue weighted by molar-refractivity contribution is 6.08. The van der Waals surface area contributed by atoms with E-state index in [-0.39, 0.29) is 0 Å². The van der Waals surface area contributed by atoms with E-state index in [2.05, 4.69) is 29.4 Å². The van der Waals surface area contributed by atoms with E-state index in [1.165, 1.54) is 50.5 Å². The standard InChI is InChI=1S/C30H39N3O3/c1-22-18-23(14-11-9-7-5-3-4-6-8-10-12-17-34)19-26-28(22)32-21-27(30(31)35)29(26)33-24-15-13-16-25(20-24)36-2/h13,15-21H,3-12,14H2,1-2H3,(H2,31,35)(H,32,33). The number of hydrogen-bond donors (Lipinski definition) is 2. The second kappa shape index (κ2) is 14.2. The number of aryl methyl sites for hydroxylation is 2. The number of aromatic nitrogens is 1. The van der Waals surface area contributed by atoms with Crippen LogP contribution in [0.4, 0.5) is 11.4 Å². The van der Waals surface area contributed by atoms with Crippen molar-refractivity contribution in [2.75, 3.05) is 12.4 Å². The van der Waals surface area contributed by atoms with Gasteiger partial charge in [0.2, 0.25) is 0 Å². The van der Waals surface area contributed by atoms with Crippen LogP contribution in [0.5, 0.6) is 5.75 Å². The van der Waals surface area contributed by atoms with E-state index >= 15 is 0 Å². The number of anilines is 2. The van der Waals surface area contributed by atoms with Gasteiger partial charge in [0, 0.05) is 29.8 Å². The molecule has 0 fully saturated rings. The molecular weight excluding hydrogens is 450 g/mol. The predicted octanol–water partition coefficient (Wildman–Crippen LogP) is 7.04. The molecule has 0 aliphatic heterocycles. The number of unbranched alkanes of at least 4 members (excludes halogenated alkanes) is 9. The summed E-state index contributed by atoms with van der Waals surface area (Å²) in [5.41, 5.74) is 10.8. The fraction of sp³-hybridized carbons (Fsp3) is 0.433. The van der Waals surface area contributed by atoms with Gasteiger partial charge in [0.1, 0.15) is 12.0 Å². The van der Waals surface area contributed by atoms with E-state index < -0.39 is 5.91 Å². The Morgan fingerprint density at radius 2 is 1.69 bits per heavy atom. The van der Waals surface area contributed by atoms with Gasteiger partial charge in [-0.05, 0) is 55.5 Å². The molecular formula is C30H39N3O3.